The van der Waals surface area contributed by atoms with Gasteiger partial charge in [0.15, 0.2) is 11.1 Å². The van der Waals surface area contributed by atoms with E-state index in [1.807, 2.05) is 36.4 Å². The van der Waals surface area contributed by atoms with Gasteiger partial charge in [0.25, 0.3) is 5.91 Å². The van der Waals surface area contributed by atoms with Crippen LogP contribution in [0.3, 0.4) is 0 Å². The van der Waals surface area contributed by atoms with E-state index in [4.69, 9.17) is 18.6 Å². The summed E-state index contributed by atoms with van der Waals surface area (Å²) in [5.74, 6) is 2.06. The second-order valence-electron chi connectivity index (χ2n) is 6.93. The molecule has 1 amide bonds. The van der Waals surface area contributed by atoms with Crippen molar-refractivity contribution in [1.82, 2.24) is 4.90 Å². The van der Waals surface area contributed by atoms with E-state index in [9.17, 15) is 4.79 Å². The number of nitrogens with zero attached hydrogens (tertiary/aromatic N) is 3. The van der Waals surface area contributed by atoms with Gasteiger partial charge in [-0.1, -0.05) is 0 Å². The molecule has 31 heavy (non-hydrogen) atoms. The summed E-state index contributed by atoms with van der Waals surface area (Å²) in [6, 6.07) is 11.2. The molecule has 0 N–H and O–H groups in total. The van der Waals surface area contributed by atoms with Gasteiger partial charge in [-0.2, -0.15) is 0 Å². The van der Waals surface area contributed by atoms with E-state index in [0.717, 1.165) is 30.4 Å². The molecule has 2 saturated heterocycles. The number of amidine groups is 1. The second-order valence-corrected chi connectivity index (χ2v) is 7.94. The number of thioether (sulfide) groups is 1. The summed E-state index contributed by atoms with van der Waals surface area (Å²) in [5, 5.41) is 0.610. The van der Waals surface area contributed by atoms with Gasteiger partial charge in [-0.25, -0.2) is 4.99 Å². The van der Waals surface area contributed by atoms with Crippen molar-refractivity contribution in [2.45, 2.75) is 0 Å². The number of amides is 1. The van der Waals surface area contributed by atoms with Gasteiger partial charge >= 0.3 is 0 Å². The van der Waals surface area contributed by atoms with Crippen LogP contribution < -0.4 is 9.64 Å². The number of benzene rings is 1. The Kier molecular flexibility index (Phi) is 6.96. The van der Waals surface area contributed by atoms with Crippen LogP contribution in [0.1, 0.15) is 5.76 Å². The molecule has 0 atom stereocenters. The molecule has 0 bridgehead atoms. The molecular weight excluding hydrogens is 418 g/mol. The maximum atomic E-state index is 13.0. The third-order valence-electron chi connectivity index (χ3n) is 4.91. The highest BCUT2D eigenvalue weighted by Gasteiger charge is 2.33. The lowest BCUT2D eigenvalue weighted by Crippen LogP contribution is -2.35. The number of hydrogen-bond acceptors (Lipinski definition) is 8. The molecule has 164 valence electrons. The summed E-state index contributed by atoms with van der Waals surface area (Å²) in [4.78, 5) is 22.0. The second kappa shape index (κ2) is 10.0. The molecule has 2 aliphatic heterocycles. The predicted octanol–water partition coefficient (Wildman–Crippen LogP) is 3.38. The van der Waals surface area contributed by atoms with Crippen LogP contribution in [0.15, 0.2) is 50.7 Å². The van der Waals surface area contributed by atoms with Crippen LogP contribution in [0, 0.1) is 0 Å². The normalized spacial score (nSPS) is 19.6. The van der Waals surface area contributed by atoms with E-state index in [1.165, 1.54) is 11.8 Å². The van der Waals surface area contributed by atoms with Crippen molar-refractivity contribution < 1.29 is 23.4 Å². The van der Waals surface area contributed by atoms with Gasteiger partial charge in [-0.05, 0) is 42.1 Å². The molecule has 1 aromatic heterocycles. The summed E-state index contributed by atoms with van der Waals surface area (Å²) < 4.78 is 21.7. The summed E-state index contributed by atoms with van der Waals surface area (Å²) in [6.07, 6.45) is 1.77. The van der Waals surface area contributed by atoms with Crippen molar-refractivity contribution in [3.8, 4) is 5.75 Å². The molecule has 0 spiro atoms. The zero-order chi connectivity index (χ0) is 21.6. The highest BCUT2D eigenvalue weighted by atomic mass is 32.2. The number of aliphatic imine (C=N–C) groups is 1. The first-order chi connectivity index (χ1) is 15.2. The zero-order valence-corrected chi connectivity index (χ0v) is 18.4. The molecule has 4 rings (SSSR count). The summed E-state index contributed by atoms with van der Waals surface area (Å²) >= 11 is 1.33. The first-order valence-electron chi connectivity index (χ1n) is 10.0. The summed E-state index contributed by atoms with van der Waals surface area (Å²) in [5.41, 5.74) is 0.743. The van der Waals surface area contributed by atoms with Gasteiger partial charge < -0.3 is 23.5 Å². The van der Waals surface area contributed by atoms with Crippen molar-refractivity contribution >= 4 is 40.5 Å². The van der Waals surface area contributed by atoms with Crippen molar-refractivity contribution in [2.75, 3.05) is 58.6 Å². The van der Waals surface area contributed by atoms with E-state index in [0.29, 0.717) is 42.2 Å². The number of furan rings is 1. The fourth-order valence-electron chi connectivity index (χ4n) is 3.24. The van der Waals surface area contributed by atoms with Crippen LogP contribution >= 0.6 is 11.8 Å². The molecule has 0 aliphatic carbocycles. The zero-order valence-electron chi connectivity index (χ0n) is 17.6. The highest BCUT2D eigenvalue weighted by molar-refractivity contribution is 8.18. The highest BCUT2D eigenvalue weighted by Crippen LogP contribution is 2.35. The molecule has 0 unspecified atom stereocenters. The Morgan fingerprint density at radius 2 is 1.90 bits per heavy atom. The number of carbonyl (C=O) groups excluding carboxylic acids is 1. The number of carbonyl (C=O) groups is 1. The molecule has 1 aromatic carbocycles. The van der Waals surface area contributed by atoms with Gasteiger partial charge in [0, 0.05) is 32.3 Å². The van der Waals surface area contributed by atoms with Gasteiger partial charge in [0.2, 0.25) is 0 Å². The maximum absolute atomic E-state index is 13.0. The Balaban J connectivity index is 1.56. The first kappa shape index (κ1) is 21.5. The molecule has 2 fully saturated rings. The van der Waals surface area contributed by atoms with Crippen molar-refractivity contribution in [1.29, 1.82) is 0 Å². The fourth-order valence-corrected chi connectivity index (χ4v) is 4.25. The molecule has 9 heteroatoms. The van der Waals surface area contributed by atoms with Gasteiger partial charge in [0.05, 0.1) is 44.1 Å². The number of morpholine rings is 1. The number of methoxy groups -OCH3 is 2. The Morgan fingerprint density at radius 1 is 1.13 bits per heavy atom. The molecule has 3 heterocycles. The number of rotatable bonds is 7. The first-order valence-corrected chi connectivity index (χ1v) is 10.8. The number of hydrogen-bond donors (Lipinski definition) is 0. The summed E-state index contributed by atoms with van der Waals surface area (Å²) in [6.45, 7) is 3.80. The topological polar surface area (TPSA) is 76.7 Å². The van der Waals surface area contributed by atoms with Crippen LogP contribution in [0.25, 0.3) is 6.08 Å². The van der Waals surface area contributed by atoms with E-state index in [1.54, 1.807) is 25.2 Å². The van der Waals surface area contributed by atoms with E-state index in [2.05, 4.69) is 9.89 Å². The molecule has 2 aromatic rings. The largest absolute Gasteiger partial charge is 0.497 e. The minimum Gasteiger partial charge on any atom is -0.497 e. The quantitative estimate of drug-likeness (QED) is 0.607. The van der Waals surface area contributed by atoms with Gasteiger partial charge in [-0.3, -0.25) is 9.69 Å². The maximum Gasteiger partial charge on any atom is 0.266 e. The third-order valence-corrected chi connectivity index (χ3v) is 5.92. The Morgan fingerprint density at radius 3 is 2.61 bits per heavy atom. The Labute approximate surface area is 185 Å². The van der Waals surface area contributed by atoms with Crippen LogP contribution in [-0.4, -0.2) is 69.6 Å². The monoisotopic (exact) mass is 443 g/mol. The predicted molar refractivity (Wildman–Crippen MR) is 121 cm³/mol. The molecule has 0 saturated carbocycles. The van der Waals surface area contributed by atoms with Crippen LogP contribution in [-0.2, 0) is 14.3 Å². The molecule has 8 nitrogen and oxygen atoms in total. The minimum absolute atomic E-state index is 0.112. The average Bonchev–Trinajstić information content (AvgIpc) is 3.39. The standard InChI is InChI=1S/C22H25N3O5S/c1-27-12-11-25-21(26)19(31-22(25)23-16-3-5-17(28-2)6-4-16)15-18-7-8-20(30-18)24-9-13-29-14-10-24/h3-8,15H,9-14H2,1-2H3/b19-15-,23-22?. The van der Waals surface area contributed by atoms with Crippen LogP contribution in [0.2, 0.25) is 0 Å². The van der Waals surface area contributed by atoms with Crippen LogP contribution in [0.4, 0.5) is 11.6 Å². The van der Waals surface area contributed by atoms with Crippen molar-refractivity contribution in [3.63, 3.8) is 0 Å². The Bertz CT molecular complexity index is 964. The number of ether oxygens (including phenoxy) is 3. The lowest BCUT2D eigenvalue weighted by atomic mass is 10.3. The smallest absolute Gasteiger partial charge is 0.266 e. The minimum atomic E-state index is -0.112. The molecule has 0 radical (unpaired) electrons. The van der Waals surface area contributed by atoms with E-state index in [-0.39, 0.29) is 5.91 Å². The van der Waals surface area contributed by atoms with Gasteiger partial charge in [0.1, 0.15) is 11.5 Å². The SMILES string of the molecule is COCCN1C(=O)/C(=C/c2ccc(N3CCOCC3)o2)SC1=Nc1ccc(OC)cc1. The van der Waals surface area contributed by atoms with Crippen molar-refractivity contribution in [2.24, 2.45) is 4.99 Å². The Hall–Kier alpha value is -2.75. The van der Waals surface area contributed by atoms with Gasteiger partial charge in [-0.15, -0.1) is 0 Å². The van der Waals surface area contributed by atoms with E-state index < -0.39 is 0 Å². The lowest BCUT2D eigenvalue weighted by molar-refractivity contribution is -0.122. The lowest BCUT2D eigenvalue weighted by Gasteiger charge is -2.26. The fraction of sp³-hybridized carbons (Fsp3) is 0.364. The van der Waals surface area contributed by atoms with E-state index >= 15 is 0 Å². The average molecular weight is 444 g/mol. The van der Waals surface area contributed by atoms with Crippen molar-refractivity contribution in [3.05, 3.63) is 47.1 Å². The summed E-state index contributed by atoms with van der Waals surface area (Å²) in [7, 11) is 3.23. The molecular formula is C22H25N3O5S. The molecule has 2 aliphatic rings. The van der Waals surface area contributed by atoms with Crippen LogP contribution in [0.5, 0.6) is 5.75 Å². The number of anilines is 1. The third kappa shape index (κ3) is 5.12.